The second-order valence-corrected chi connectivity index (χ2v) is 7.44. The van der Waals surface area contributed by atoms with Crippen LogP contribution in [0.2, 0.25) is 0 Å². The molecule has 130 valence electrons. The Morgan fingerprint density at radius 2 is 1.92 bits per heavy atom. The molecule has 0 fully saturated rings. The molecule has 0 unspecified atom stereocenters. The Kier molecular flexibility index (Phi) is 4.90. The van der Waals surface area contributed by atoms with Gasteiger partial charge in [-0.1, -0.05) is 45.9 Å². The van der Waals surface area contributed by atoms with Crippen LogP contribution in [-0.4, -0.2) is 19.7 Å². The van der Waals surface area contributed by atoms with Crippen LogP contribution < -0.4 is 0 Å². The molecule has 0 atom stereocenters. The van der Waals surface area contributed by atoms with E-state index in [4.69, 9.17) is 9.40 Å². The Hall–Kier alpha value is -2.38. The van der Waals surface area contributed by atoms with Crippen LogP contribution in [0, 0.1) is 0 Å². The number of nitrogens with zero attached hydrogens (tertiary/aromatic N) is 4. The molecule has 2 heterocycles. The number of halogens is 1. The molecule has 0 radical (unpaired) electrons. The lowest BCUT2D eigenvalue weighted by molar-refractivity contribution is 0.528. The van der Waals surface area contributed by atoms with Crippen molar-refractivity contribution in [2.24, 2.45) is 0 Å². The lowest BCUT2D eigenvalue weighted by Crippen LogP contribution is -1.97. The molecular weight excluding hydrogens is 412 g/mol. The van der Waals surface area contributed by atoms with Gasteiger partial charge in [-0.05, 0) is 36.4 Å². The summed E-state index contributed by atoms with van der Waals surface area (Å²) in [5.74, 6) is 1.65. The van der Waals surface area contributed by atoms with Crippen LogP contribution in [-0.2, 0) is 12.3 Å². The van der Waals surface area contributed by atoms with Crippen molar-refractivity contribution in [1.29, 1.82) is 0 Å². The molecule has 0 aliphatic carbocycles. The molecule has 0 amide bonds. The molecule has 0 aliphatic rings. The maximum absolute atomic E-state index is 5.79. The van der Waals surface area contributed by atoms with Crippen molar-refractivity contribution in [3.8, 4) is 11.5 Å². The van der Waals surface area contributed by atoms with Gasteiger partial charge in [0.2, 0.25) is 11.8 Å². The van der Waals surface area contributed by atoms with Gasteiger partial charge < -0.3 is 8.98 Å². The summed E-state index contributed by atoms with van der Waals surface area (Å²) in [6.45, 7) is 4.55. The van der Waals surface area contributed by atoms with Crippen molar-refractivity contribution in [3.63, 3.8) is 0 Å². The maximum Gasteiger partial charge on any atom is 0.247 e. The van der Waals surface area contributed by atoms with Crippen LogP contribution in [0.3, 0.4) is 0 Å². The first-order valence-electron chi connectivity index (χ1n) is 8.02. The van der Waals surface area contributed by atoms with E-state index in [0.29, 0.717) is 24.1 Å². The van der Waals surface area contributed by atoms with Crippen LogP contribution in [0.25, 0.3) is 22.5 Å². The van der Waals surface area contributed by atoms with E-state index < -0.39 is 0 Å². The van der Waals surface area contributed by atoms with Gasteiger partial charge in [0, 0.05) is 16.6 Å². The molecule has 5 nitrogen and oxygen atoms in total. The highest BCUT2D eigenvalue weighted by Gasteiger charge is 2.13. The van der Waals surface area contributed by atoms with E-state index in [0.717, 1.165) is 26.2 Å². The van der Waals surface area contributed by atoms with Gasteiger partial charge in [-0.3, -0.25) is 0 Å². The van der Waals surface area contributed by atoms with Crippen LogP contribution in [0.1, 0.15) is 5.89 Å². The molecule has 0 aliphatic heterocycles. The van der Waals surface area contributed by atoms with Gasteiger partial charge in [-0.15, -0.1) is 16.8 Å². The maximum atomic E-state index is 5.79. The minimum absolute atomic E-state index is 0.521. The van der Waals surface area contributed by atoms with Crippen LogP contribution >= 0.6 is 27.7 Å². The highest BCUT2D eigenvalue weighted by atomic mass is 79.9. The molecule has 0 saturated carbocycles. The van der Waals surface area contributed by atoms with Crippen molar-refractivity contribution in [3.05, 3.63) is 71.5 Å². The molecule has 26 heavy (non-hydrogen) atoms. The first kappa shape index (κ1) is 17.1. The SMILES string of the molecule is C=CCn1c(SCc2nnc(-c3ccc(Br)cc3)o2)nc2ccccc21. The lowest BCUT2D eigenvalue weighted by Gasteiger charge is -2.04. The first-order valence-corrected chi connectivity index (χ1v) is 9.80. The molecule has 4 aromatic rings. The number of aromatic nitrogens is 4. The number of hydrogen-bond donors (Lipinski definition) is 0. The summed E-state index contributed by atoms with van der Waals surface area (Å²) < 4.78 is 8.94. The topological polar surface area (TPSA) is 56.7 Å². The number of para-hydroxylation sites is 2. The summed E-state index contributed by atoms with van der Waals surface area (Å²) in [4.78, 5) is 4.70. The zero-order valence-corrected chi connectivity index (χ0v) is 16.2. The number of fused-ring (bicyclic) bond motifs is 1. The average Bonchev–Trinajstić information content (AvgIpc) is 3.26. The van der Waals surface area contributed by atoms with Crippen LogP contribution in [0.4, 0.5) is 0 Å². The fraction of sp³-hybridized carbons (Fsp3) is 0.105. The number of hydrogen-bond acceptors (Lipinski definition) is 5. The van der Waals surface area contributed by atoms with Gasteiger partial charge in [0.15, 0.2) is 5.16 Å². The predicted octanol–water partition coefficient (Wildman–Crippen LogP) is 5.33. The summed E-state index contributed by atoms with van der Waals surface area (Å²) in [6.07, 6.45) is 1.87. The number of allylic oxidation sites excluding steroid dienone is 1. The van der Waals surface area contributed by atoms with Crippen molar-refractivity contribution < 1.29 is 4.42 Å². The highest BCUT2D eigenvalue weighted by Crippen LogP contribution is 2.28. The summed E-state index contributed by atoms with van der Waals surface area (Å²) in [6, 6.07) is 15.9. The standard InChI is InChI=1S/C19H15BrN4OS/c1-2-11-24-16-6-4-3-5-15(16)21-19(24)26-12-17-22-23-18(25-17)13-7-9-14(20)10-8-13/h2-10H,1,11-12H2. The van der Waals surface area contributed by atoms with E-state index >= 15 is 0 Å². The quantitative estimate of drug-likeness (QED) is 0.308. The van der Waals surface area contributed by atoms with E-state index in [1.165, 1.54) is 0 Å². The molecule has 0 saturated heterocycles. The fourth-order valence-electron chi connectivity index (χ4n) is 2.62. The summed E-state index contributed by atoms with van der Waals surface area (Å²) in [7, 11) is 0. The largest absolute Gasteiger partial charge is 0.420 e. The Morgan fingerprint density at radius 3 is 2.73 bits per heavy atom. The molecule has 2 aromatic heterocycles. The molecule has 4 rings (SSSR count). The monoisotopic (exact) mass is 426 g/mol. The third kappa shape index (κ3) is 3.45. The third-order valence-corrected chi connectivity index (χ3v) is 5.30. The van der Waals surface area contributed by atoms with Gasteiger partial charge in [-0.25, -0.2) is 4.98 Å². The molecule has 0 N–H and O–H groups in total. The fourth-order valence-corrected chi connectivity index (χ4v) is 3.74. The van der Waals surface area contributed by atoms with E-state index in [1.54, 1.807) is 11.8 Å². The second kappa shape index (κ2) is 7.47. The van der Waals surface area contributed by atoms with Gasteiger partial charge in [0.25, 0.3) is 0 Å². The van der Waals surface area contributed by atoms with Gasteiger partial charge in [0.05, 0.1) is 16.8 Å². The number of rotatable bonds is 6. The lowest BCUT2D eigenvalue weighted by atomic mass is 10.2. The molecule has 2 aromatic carbocycles. The first-order chi connectivity index (χ1) is 12.7. The Morgan fingerprint density at radius 1 is 1.12 bits per heavy atom. The van der Waals surface area contributed by atoms with Crippen LogP contribution in [0.15, 0.2) is 75.2 Å². The zero-order chi connectivity index (χ0) is 17.9. The second-order valence-electron chi connectivity index (χ2n) is 5.58. The number of thioether (sulfide) groups is 1. The van der Waals surface area contributed by atoms with Crippen LogP contribution in [0.5, 0.6) is 0 Å². The normalized spacial score (nSPS) is 11.1. The van der Waals surface area contributed by atoms with Gasteiger partial charge in [0.1, 0.15) is 0 Å². The Bertz CT molecular complexity index is 1060. The minimum atomic E-state index is 0.521. The van der Waals surface area contributed by atoms with Gasteiger partial charge in [-0.2, -0.15) is 0 Å². The third-order valence-electron chi connectivity index (χ3n) is 3.81. The minimum Gasteiger partial charge on any atom is -0.420 e. The Balaban J connectivity index is 1.54. The number of imidazole rings is 1. The van der Waals surface area contributed by atoms with Crippen molar-refractivity contribution in [2.45, 2.75) is 17.5 Å². The number of benzene rings is 2. The molecular formula is C19H15BrN4OS. The molecule has 0 spiro atoms. The van der Waals surface area contributed by atoms with Crippen molar-refractivity contribution in [2.75, 3.05) is 0 Å². The van der Waals surface area contributed by atoms with E-state index in [-0.39, 0.29) is 0 Å². The average molecular weight is 427 g/mol. The van der Waals surface area contributed by atoms with Crippen molar-refractivity contribution >= 4 is 38.7 Å². The van der Waals surface area contributed by atoms with E-state index in [1.807, 2.05) is 48.5 Å². The van der Waals surface area contributed by atoms with Gasteiger partial charge >= 0.3 is 0 Å². The predicted molar refractivity (Wildman–Crippen MR) is 107 cm³/mol. The smallest absolute Gasteiger partial charge is 0.247 e. The van der Waals surface area contributed by atoms with Crippen molar-refractivity contribution in [1.82, 2.24) is 19.7 Å². The Labute approximate surface area is 163 Å². The summed E-state index contributed by atoms with van der Waals surface area (Å²) in [5, 5.41) is 9.21. The molecule has 0 bridgehead atoms. The summed E-state index contributed by atoms with van der Waals surface area (Å²) in [5.41, 5.74) is 2.96. The van der Waals surface area contributed by atoms with E-state index in [2.05, 4.69) is 43.3 Å². The summed E-state index contributed by atoms with van der Waals surface area (Å²) >= 11 is 5.00. The zero-order valence-electron chi connectivity index (χ0n) is 13.8. The highest BCUT2D eigenvalue weighted by molar-refractivity contribution is 9.10. The van der Waals surface area contributed by atoms with E-state index in [9.17, 15) is 0 Å². The molecule has 7 heteroatoms.